The van der Waals surface area contributed by atoms with Crippen molar-refractivity contribution >= 4 is 50.7 Å². The van der Waals surface area contributed by atoms with Gasteiger partial charge in [0, 0.05) is 13.1 Å². The molecule has 3 aromatic rings. The van der Waals surface area contributed by atoms with Gasteiger partial charge in [0.15, 0.2) is 0 Å². The van der Waals surface area contributed by atoms with Gasteiger partial charge in [-0.05, 0) is 60.9 Å². The molecule has 0 aromatic heterocycles. The minimum Gasteiger partial charge on any atom is -0.497 e. The van der Waals surface area contributed by atoms with Crippen LogP contribution in [0.4, 0.5) is 5.69 Å². The number of hydrogen-bond acceptors (Lipinski definition) is 5. The minimum absolute atomic E-state index is 0.00456. The van der Waals surface area contributed by atoms with E-state index in [1.54, 1.807) is 49.6 Å². The quantitative estimate of drug-likeness (QED) is 0.226. The Morgan fingerprint density at radius 2 is 1.63 bits per heavy atom. The molecule has 220 valence electrons. The lowest BCUT2D eigenvalue weighted by Gasteiger charge is -2.33. The molecular weight excluding hydrogens is 585 g/mol. The van der Waals surface area contributed by atoms with Crippen LogP contribution < -0.4 is 14.4 Å². The van der Waals surface area contributed by atoms with Gasteiger partial charge in [0.2, 0.25) is 11.8 Å². The highest BCUT2D eigenvalue weighted by molar-refractivity contribution is 7.92. The number of carbonyl (C=O) groups excluding carboxylic acids is 2. The van der Waals surface area contributed by atoms with Gasteiger partial charge < -0.3 is 15.0 Å². The van der Waals surface area contributed by atoms with Gasteiger partial charge in [-0.25, -0.2) is 8.42 Å². The van der Waals surface area contributed by atoms with Crippen LogP contribution >= 0.6 is 23.2 Å². The number of amides is 2. The molecule has 0 spiro atoms. The van der Waals surface area contributed by atoms with Crippen LogP contribution in [0.2, 0.25) is 10.0 Å². The molecule has 2 amide bonds. The van der Waals surface area contributed by atoms with Crippen LogP contribution in [-0.4, -0.2) is 51.4 Å². The van der Waals surface area contributed by atoms with Crippen LogP contribution in [0.3, 0.4) is 0 Å². The largest absolute Gasteiger partial charge is 0.497 e. The normalized spacial score (nSPS) is 11.9. The molecule has 0 aliphatic rings. The zero-order chi connectivity index (χ0) is 30.0. The van der Waals surface area contributed by atoms with Crippen molar-refractivity contribution in [2.75, 3.05) is 24.5 Å². The number of methoxy groups -OCH3 is 1. The highest BCUT2D eigenvalue weighted by Gasteiger charge is 2.33. The number of carbonyl (C=O) groups is 2. The Balaban J connectivity index is 2.04. The lowest BCUT2D eigenvalue weighted by atomic mass is 10.1. The fraction of sp³-hybridized carbons (Fsp3) is 0.333. The number of unbranched alkanes of at least 4 members (excludes halogenated alkanes) is 1. The molecule has 41 heavy (non-hydrogen) atoms. The maximum atomic E-state index is 14.1. The summed E-state index contributed by atoms with van der Waals surface area (Å²) in [6, 6.07) is 18.5. The third kappa shape index (κ3) is 8.38. The number of anilines is 1. The lowest BCUT2D eigenvalue weighted by Crippen LogP contribution is -2.52. The van der Waals surface area contributed by atoms with Crippen molar-refractivity contribution in [1.82, 2.24) is 10.2 Å². The van der Waals surface area contributed by atoms with E-state index in [9.17, 15) is 18.0 Å². The molecule has 0 bridgehead atoms. The SMILES string of the molecule is CCCCNC(=O)[C@@H](CC)N(Cc1ccc(OC)cc1)C(=O)CN(c1ccc(Cl)c(Cl)c1)S(=O)(=O)c1ccccc1. The molecule has 8 nitrogen and oxygen atoms in total. The Labute approximate surface area is 252 Å². The summed E-state index contributed by atoms with van der Waals surface area (Å²) in [6.07, 6.45) is 2.04. The van der Waals surface area contributed by atoms with E-state index in [2.05, 4.69) is 5.32 Å². The number of nitrogens with one attached hydrogen (secondary N) is 1. The number of nitrogens with zero attached hydrogens (tertiary/aromatic N) is 2. The minimum atomic E-state index is -4.20. The Kier molecular flexibility index (Phi) is 11.9. The molecule has 0 heterocycles. The van der Waals surface area contributed by atoms with Gasteiger partial charge >= 0.3 is 0 Å². The molecular formula is C30H35Cl2N3O5S. The molecule has 11 heteroatoms. The highest BCUT2D eigenvalue weighted by atomic mass is 35.5. The summed E-state index contributed by atoms with van der Waals surface area (Å²) in [5.41, 5.74) is 0.924. The Morgan fingerprint density at radius 1 is 0.951 bits per heavy atom. The van der Waals surface area contributed by atoms with Crippen LogP contribution in [0, 0.1) is 0 Å². The van der Waals surface area contributed by atoms with Gasteiger partial charge in [0.25, 0.3) is 10.0 Å². The average molecular weight is 621 g/mol. The van der Waals surface area contributed by atoms with Crippen molar-refractivity contribution in [2.24, 2.45) is 0 Å². The fourth-order valence-electron chi connectivity index (χ4n) is 4.24. The second-order valence-electron chi connectivity index (χ2n) is 9.36. The van der Waals surface area contributed by atoms with Crippen molar-refractivity contribution in [3.63, 3.8) is 0 Å². The molecule has 0 saturated heterocycles. The molecule has 1 atom stereocenters. The van der Waals surface area contributed by atoms with E-state index in [4.69, 9.17) is 27.9 Å². The van der Waals surface area contributed by atoms with Crippen LogP contribution in [-0.2, 0) is 26.2 Å². The number of halogens is 2. The molecule has 0 aliphatic carbocycles. The standard InChI is InChI=1S/C30H35Cl2N3O5S/c1-4-6-18-33-30(37)28(5-2)34(20-22-12-15-24(40-3)16-13-22)29(36)21-35(23-14-17-26(31)27(32)19-23)41(38,39)25-10-8-7-9-11-25/h7-17,19,28H,4-6,18,20-21H2,1-3H3,(H,33,37)/t28-/m1/s1. The fourth-order valence-corrected chi connectivity index (χ4v) is 5.96. The summed E-state index contributed by atoms with van der Waals surface area (Å²) < 4.78 is 33.9. The van der Waals surface area contributed by atoms with E-state index in [-0.39, 0.29) is 33.1 Å². The van der Waals surface area contributed by atoms with E-state index >= 15 is 0 Å². The monoisotopic (exact) mass is 619 g/mol. The Hall–Kier alpha value is -3.27. The van der Waals surface area contributed by atoms with Crippen molar-refractivity contribution in [1.29, 1.82) is 0 Å². The number of benzene rings is 3. The van der Waals surface area contributed by atoms with Crippen molar-refractivity contribution in [2.45, 2.75) is 50.6 Å². The van der Waals surface area contributed by atoms with Crippen LogP contribution in [0.15, 0.2) is 77.7 Å². The van der Waals surface area contributed by atoms with Crippen molar-refractivity contribution in [3.05, 3.63) is 88.4 Å². The third-order valence-electron chi connectivity index (χ3n) is 6.53. The average Bonchev–Trinajstić information content (AvgIpc) is 2.98. The van der Waals surface area contributed by atoms with Gasteiger partial charge in [-0.15, -0.1) is 0 Å². The molecule has 1 N–H and O–H groups in total. The van der Waals surface area contributed by atoms with Gasteiger partial charge in [-0.1, -0.05) is 73.8 Å². The molecule has 0 fully saturated rings. The second kappa shape index (κ2) is 15.1. The molecule has 0 aliphatic heterocycles. The number of hydrogen-bond donors (Lipinski definition) is 1. The first-order chi connectivity index (χ1) is 19.6. The van der Waals surface area contributed by atoms with Gasteiger partial charge in [0.05, 0.1) is 27.7 Å². The molecule has 3 rings (SSSR count). The highest BCUT2D eigenvalue weighted by Crippen LogP contribution is 2.31. The summed E-state index contributed by atoms with van der Waals surface area (Å²) >= 11 is 12.4. The number of ether oxygens (including phenoxy) is 1. The molecule has 3 aromatic carbocycles. The van der Waals surface area contributed by atoms with E-state index in [0.717, 1.165) is 22.7 Å². The molecule has 0 unspecified atom stereocenters. The van der Waals surface area contributed by atoms with Gasteiger partial charge in [-0.2, -0.15) is 0 Å². The van der Waals surface area contributed by atoms with Gasteiger partial charge in [0.1, 0.15) is 18.3 Å². The van der Waals surface area contributed by atoms with E-state index in [1.165, 1.54) is 35.2 Å². The second-order valence-corrected chi connectivity index (χ2v) is 12.0. The maximum absolute atomic E-state index is 14.1. The van der Waals surface area contributed by atoms with Gasteiger partial charge in [-0.3, -0.25) is 13.9 Å². The van der Waals surface area contributed by atoms with E-state index < -0.39 is 28.5 Å². The third-order valence-corrected chi connectivity index (χ3v) is 9.06. The first-order valence-electron chi connectivity index (χ1n) is 13.3. The van der Waals surface area contributed by atoms with Crippen molar-refractivity contribution in [3.8, 4) is 5.75 Å². The number of rotatable bonds is 14. The molecule has 0 saturated carbocycles. The molecule has 0 radical (unpaired) electrons. The summed E-state index contributed by atoms with van der Waals surface area (Å²) in [7, 11) is -2.64. The predicted octanol–water partition coefficient (Wildman–Crippen LogP) is 5.92. The summed E-state index contributed by atoms with van der Waals surface area (Å²) in [5.74, 6) is -0.200. The van der Waals surface area contributed by atoms with Crippen LogP contribution in [0.1, 0.15) is 38.7 Å². The lowest BCUT2D eigenvalue weighted by molar-refractivity contribution is -0.140. The first-order valence-corrected chi connectivity index (χ1v) is 15.5. The van der Waals surface area contributed by atoms with Crippen LogP contribution in [0.5, 0.6) is 5.75 Å². The van der Waals surface area contributed by atoms with E-state index in [1.807, 2.05) is 13.8 Å². The Bertz CT molecular complexity index is 1420. The number of sulfonamides is 1. The van der Waals surface area contributed by atoms with Crippen molar-refractivity contribution < 1.29 is 22.7 Å². The maximum Gasteiger partial charge on any atom is 0.264 e. The first kappa shape index (κ1) is 32.2. The smallest absolute Gasteiger partial charge is 0.264 e. The van der Waals surface area contributed by atoms with E-state index in [0.29, 0.717) is 18.7 Å². The topological polar surface area (TPSA) is 96.0 Å². The van der Waals surface area contributed by atoms with Crippen LogP contribution in [0.25, 0.3) is 0 Å². The summed E-state index contributed by atoms with van der Waals surface area (Å²) in [4.78, 5) is 28.8. The zero-order valence-electron chi connectivity index (χ0n) is 23.3. The zero-order valence-corrected chi connectivity index (χ0v) is 25.7. The Morgan fingerprint density at radius 3 is 2.22 bits per heavy atom. The summed E-state index contributed by atoms with van der Waals surface area (Å²) in [5, 5.41) is 3.30. The predicted molar refractivity (Wildman–Crippen MR) is 163 cm³/mol. The summed E-state index contributed by atoms with van der Waals surface area (Å²) in [6.45, 7) is 3.84.